The van der Waals surface area contributed by atoms with Crippen molar-refractivity contribution in [3.8, 4) is 0 Å². The molecule has 0 bridgehead atoms. The predicted octanol–water partition coefficient (Wildman–Crippen LogP) is 2.12. The van der Waals surface area contributed by atoms with Gasteiger partial charge < -0.3 is 19.3 Å². The summed E-state index contributed by atoms with van der Waals surface area (Å²) in [5, 5.41) is 0. The van der Waals surface area contributed by atoms with Crippen LogP contribution in [-0.2, 0) is 19.1 Å². The van der Waals surface area contributed by atoms with Crippen molar-refractivity contribution in [2.75, 3.05) is 50.2 Å². The Morgan fingerprint density at radius 1 is 0.718 bits per heavy atom. The molecule has 2 aliphatic heterocycles. The number of aryl methyl sites for hydroxylation is 2. The molecule has 39 heavy (non-hydrogen) atoms. The number of esters is 2. The molecule has 4 heterocycles. The minimum Gasteiger partial charge on any atom is -0.468 e. The molecule has 2 fully saturated rings. The number of carbonyl (C=O) groups is 4. The molecule has 0 radical (unpaired) electrons. The van der Waals surface area contributed by atoms with E-state index in [9.17, 15) is 19.2 Å². The first-order valence-corrected chi connectivity index (χ1v) is 13.2. The number of Topliss-reactive ketones (excluding diaryl/α,β-unsaturated/α-hetero) is 2. The summed E-state index contributed by atoms with van der Waals surface area (Å²) < 4.78 is 9.79. The largest absolute Gasteiger partial charge is 0.468 e. The Labute approximate surface area is 227 Å². The minimum absolute atomic E-state index is 0.124. The van der Waals surface area contributed by atoms with Crippen molar-refractivity contribution in [3.05, 3.63) is 34.9 Å². The maximum Gasteiger partial charge on any atom is 0.316 e. The predicted molar refractivity (Wildman–Crippen MR) is 141 cm³/mol. The molecule has 2 atom stereocenters. The highest BCUT2D eigenvalue weighted by molar-refractivity contribution is 6.12. The van der Waals surface area contributed by atoms with Crippen LogP contribution >= 0.6 is 0 Å². The molecule has 4 rings (SSSR count). The number of rotatable bonds is 10. The molecule has 2 saturated heterocycles. The Morgan fingerprint density at radius 2 is 1.08 bits per heavy atom. The van der Waals surface area contributed by atoms with E-state index in [0.29, 0.717) is 23.3 Å². The van der Waals surface area contributed by atoms with Crippen LogP contribution < -0.4 is 9.80 Å². The van der Waals surface area contributed by atoms with Gasteiger partial charge in [-0.1, -0.05) is 0 Å². The van der Waals surface area contributed by atoms with Gasteiger partial charge in [0.1, 0.15) is 11.8 Å². The van der Waals surface area contributed by atoms with Crippen molar-refractivity contribution in [1.29, 1.82) is 0 Å². The molecule has 0 N–H and O–H groups in total. The zero-order valence-corrected chi connectivity index (χ0v) is 22.8. The third kappa shape index (κ3) is 6.04. The van der Waals surface area contributed by atoms with Crippen LogP contribution in [0.5, 0.6) is 0 Å². The number of carbonyl (C=O) groups excluding carboxylic acids is 4. The molecule has 2 aromatic heterocycles. The van der Waals surface area contributed by atoms with Gasteiger partial charge >= 0.3 is 11.9 Å². The van der Waals surface area contributed by atoms with E-state index in [0.717, 1.165) is 66.1 Å². The van der Waals surface area contributed by atoms with E-state index >= 15 is 0 Å². The van der Waals surface area contributed by atoms with Crippen molar-refractivity contribution < 1.29 is 28.7 Å². The maximum atomic E-state index is 13.6. The second-order valence-corrected chi connectivity index (χ2v) is 9.84. The minimum atomic E-state index is -1.45. The first kappa shape index (κ1) is 28.1. The van der Waals surface area contributed by atoms with E-state index < -0.39 is 41.8 Å². The lowest BCUT2D eigenvalue weighted by molar-refractivity contribution is -0.146. The molecule has 0 amide bonds. The second kappa shape index (κ2) is 12.3. The van der Waals surface area contributed by atoms with E-state index in [1.807, 2.05) is 9.80 Å². The fraction of sp³-hybridized carbons (Fsp3) is 0.556. The van der Waals surface area contributed by atoms with Crippen molar-refractivity contribution in [2.24, 2.45) is 11.8 Å². The summed E-state index contributed by atoms with van der Waals surface area (Å²) in [5.41, 5.74) is 1.04. The maximum absolute atomic E-state index is 13.6. The highest BCUT2D eigenvalue weighted by Crippen LogP contribution is 2.27. The van der Waals surface area contributed by atoms with Gasteiger partial charge in [-0.3, -0.25) is 19.2 Å². The standard InChI is InChI=1S/C27H34N6O6/c1-16-20(14-28-26(30-16)32-9-5-6-10-32)22(34)18(24(36)38-3)13-19(25(37)39-4)23(35)21-15-29-27(31-17(21)2)33-11-7-8-12-33/h14-15,18-19H,5-13H2,1-4H3. The summed E-state index contributed by atoms with van der Waals surface area (Å²) in [5.74, 6) is -4.87. The third-order valence-electron chi connectivity index (χ3n) is 7.32. The molecule has 0 saturated carbocycles. The average molecular weight is 539 g/mol. The Morgan fingerprint density at radius 3 is 1.38 bits per heavy atom. The van der Waals surface area contributed by atoms with Crippen LogP contribution in [0.1, 0.15) is 64.2 Å². The van der Waals surface area contributed by atoms with Crippen molar-refractivity contribution in [1.82, 2.24) is 19.9 Å². The van der Waals surface area contributed by atoms with Gasteiger partial charge in [0.2, 0.25) is 11.9 Å². The zero-order chi connectivity index (χ0) is 28.1. The van der Waals surface area contributed by atoms with Crippen LogP contribution in [0.15, 0.2) is 12.4 Å². The lowest BCUT2D eigenvalue weighted by Gasteiger charge is -2.21. The molecule has 2 unspecified atom stereocenters. The molecule has 0 spiro atoms. The van der Waals surface area contributed by atoms with E-state index in [2.05, 4.69) is 19.9 Å². The van der Waals surface area contributed by atoms with E-state index in [-0.39, 0.29) is 11.1 Å². The fourth-order valence-corrected chi connectivity index (χ4v) is 5.05. The van der Waals surface area contributed by atoms with E-state index in [1.54, 1.807) is 13.8 Å². The zero-order valence-electron chi connectivity index (χ0n) is 22.8. The van der Waals surface area contributed by atoms with Gasteiger partial charge in [0.25, 0.3) is 0 Å². The quantitative estimate of drug-likeness (QED) is 0.248. The number of methoxy groups -OCH3 is 2. The van der Waals surface area contributed by atoms with E-state index in [4.69, 9.17) is 9.47 Å². The summed E-state index contributed by atoms with van der Waals surface area (Å²) in [6, 6.07) is 0. The Kier molecular flexibility index (Phi) is 8.82. The molecular weight excluding hydrogens is 504 g/mol. The molecule has 0 aromatic carbocycles. The lowest BCUT2D eigenvalue weighted by Crippen LogP contribution is -2.35. The smallest absolute Gasteiger partial charge is 0.316 e. The summed E-state index contributed by atoms with van der Waals surface area (Å²) in [6.07, 6.45) is 6.50. The van der Waals surface area contributed by atoms with Crippen molar-refractivity contribution in [3.63, 3.8) is 0 Å². The number of hydrogen-bond acceptors (Lipinski definition) is 12. The molecule has 208 valence electrons. The third-order valence-corrected chi connectivity index (χ3v) is 7.32. The second-order valence-electron chi connectivity index (χ2n) is 9.84. The first-order valence-electron chi connectivity index (χ1n) is 13.2. The van der Waals surface area contributed by atoms with Crippen molar-refractivity contribution in [2.45, 2.75) is 46.0 Å². The highest BCUT2D eigenvalue weighted by atomic mass is 16.5. The van der Waals surface area contributed by atoms with Crippen LogP contribution in [0.2, 0.25) is 0 Å². The SMILES string of the molecule is COC(=O)C(CC(C(=O)OC)C(=O)c1cnc(N2CCCC2)nc1C)C(=O)c1cnc(N2CCCC2)nc1C. The van der Waals surface area contributed by atoms with Gasteiger partial charge in [-0.25, -0.2) is 19.9 Å². The molecular formula is C27H34N6O6. The molecule has 0 aliphatic carbocycles. The summed E-state index contributed by atoms with van der Waals surface area (Å²) >= 11 is 0. The van der Waals surface area contributed by atoms with Gasteiger partial charge in [-0.15, -0.1) is 0 Å². The number of ether oxygens (including phenoxy) is 2. The number of anilines is 2. The first-order chi connectivity index (χ1) is 18.7. The lowest BCUT2D eigenvalue weighted by atomic mass is 9.84. The number of ketones is 2. The molecule has 2 aliphatic rings. The summed E-state index contributed by atoms with van der Waals surface area (Å²) in [7, 11) is 2.29. The topological polar surface area (TPSA) is 145 Å². The van der Waals surface area contributed by atoms with Gasteiger partial charge in [0.15, 0.2) is 11.6 Å². The summed E-state index contributed by atoms with van der Waals surface area (Å²) in [6.45, 7) is 6.67. The Balaban J connectivity index is 1.60. The van der Waals surface area contributed by atoms with Crippen molar-refractivity contribution >= 4 is 35.4 Å². The Bertz CT molecular complexity index is 1160. The molecule has 12 nitrogen and oxygen atoms in total. The van der Waals surface area contributed by atoms with Gasteiger partial charge in [-0.2, -0.15) is 0 Å². The number of nitrogens with zero attached hydrogens (tertiary/aromatic N) is 6. The van der Waals surface area contributed by atoms with Crippen LogP contribution in [-0.4, -0.2) is 83.8 Å². The highest BCUT2D eigenvalue weighted by Gasteiger charge is 2.40. The Hall–Kier alpha value is -3.96. The normalized spacial score (nSPS) is 16.6. The van der Waals surface area contributed by atoms with Gasteiger partial charge in [-0.05, 0) is 46.0 Å². The van der Waals surface area contributed by atoms with Crippen LogP contribution in [0.25, 0.3) is 0 Å². The van der Waals surface area contributed by atoms with Crippen LogP contribution in [0.3, 0.4) is 0 Å². The molecule has 2 aromatic rings. The summed E-state index contributed by atoms with van der Waals surface area (Å²) in [4.78, 5) is 74.4. The van der Waals surface area contributed by atoms with Crippen LogP contribution in [0.4, 0.5) is 11.9 Å². The molecule has 12 heteroatoms. The number of hydrogen-bond donors (Lipinski definition) is 0. The number of aromatic nitrogens is 4. The fourth-order valence-electron chi connectivity index (χ4n) is 5.05. The van der Waals surface area contributed by atoms with E-state index in [1.165, 1.54) is 12.4 Å². The van der Waals surface area contributed by atoms with Crippen LogP contribution in [0, 0.1) is 25.7 Å². The van der Waals surface area contributed by atoms with Gasteiger partial charge in [0.05, 0.1) is 36.7 Å². The monoisotopic (exact) mass is 538 g/mol. The average Bonchev–Trinajstić information content (AvgIpc) is 3.67. The van der Waals surface area contributed by atoms with Gasteiger partial charge in [0, 0.05) is 38.6 Å².